The maximum Gasteiger partial charge on any atom is 0.0258 e. The van der Waals surface area contributed by atoms with Gasteiger partial charge in [0.25, 0.3) is 0 Å². The smallest absolute Gasteiger partial charge is 0.0258 e. The lowest BCUT2D eigenvalue weighted by atomic mass is 10.1. The van der Waals surface area contributed by atoms with Gasteiger partial charge in [0.1, 0.15) is 0 Å². The Labute approximate surface area is 73.6 Å². The van der Waals surface area contributed by atoms with Crippen LogP contribution in [-0.4, -0.2) is 5.88 Å². The van der Waals surface area contributed by atoms with Crippen LogP contribution in [0.25, 0.3) is 0 Å². The van der Waals surface area contributed by atoms with E-state index in [0.717, 1.165) is 24.1 Å². The van der Waals surface area contributed by atoms with Crippen molar-refractivity contribution in [3.8, 4) is 0 Å². The summed E-state index contributed by atoms with van der Waals surface area (Å²) in [5, 5.41) is 0. The summed E-state index contributed by atoms with van der Waals surface area (Å²) in [5.41, 5.74) is 1.76. The number of hydrogen-bond acceptors (Lipinski definition) is 0. The molecule has 0 aliphatic heterocycles. The number of allylic oxidation sites excluding steroid dienone is 2. The maximum absolute atomic E-state index is 5.65. The molecule has 0 aromatic carbocycles. The molecule has 2 rings (SSSR count). The summed E-state index contributed by atoms with van der Waals surface area (Å²) in [7, 11) is 0. The van der Waals surface area contributed by atoms with Crippen LogP contribution in [0.1, 0.15) is 32.1 Å². The molecule has 0 nitrogen and oxygen atoms in total. The molecule has 0 bridgehead atoms. The predicted octanol–water partition coefficient (Wildman–Crippen LogP) is 3.36. The van der Waals surface area contributed by atoms with Crippen molar-refractivity contribution in [1.29, 1.82) is 0 Å². The van der Waals surface area contributed by atoms with E-state index in [-0.39, 0.29) is 0 Å². The van der Waals surface area contributed by atoms with Gasteiger partial charge in [-0.2, -0.15) is 0 Å². The molecular weight excluding hydrogens is 156 g/mol. The van der Waals surface area contributed by atoms with Gasteiger partial charge in [0.05, 0.1) is 0 Å². The molecule has 1 heteroatoms. The second-order valence-corrected chi connectivity index (χ2v) is 4.11. The summed E-state index contributed by atoms with van der Waals surface area (Å²) < 4.78 is 0. The van der Waals surface area contributed by atoms with E-state index < -0.39 is 0 Å². The predicted molar refractivity (Wildman–Crippen MR) is 48.9 cm³/mol. The minimum absolute atomic E-state index is 0.795. The van der Waals surface area contributed by atoms with Crippen LogP contribution in [0.3, 0.4) is 0 Å². The second-order valence-electron chi connectivity index (χ2n) is 3.73. The van der Waals surface area contributed by atoms with Crippen LogP contribution in [0.5, 0.6) is 0 Å². The van der Waals surface area contributed by atoms with Crippen molar-refractivity contribution in [2.24, 2.45) is 11.8 Å². The van der Waals surface area contributed by atoms with Crippen molar-refractivity contribution in [2.45, 2.75) is 32.1 Å². The standard InChI is InChI=1S/C10H15Cl/c11-7-1-2-10(8-3-4-8)9-5-6-9/h2,8-9H,1,3-7H2. The highest BCUT2D eigenvalue weighted by atomic mass is 35.5. The fourth-order valence-corrected chi connectivity index (χ4v) is 1.83. The summed E-state index contributed by atoms with van der Waals surface area (Å²) >= 11 is 5.65. The third-order valence-corrected chi connectivity index (χ3v) is 2.80. The van der Waals surface area contributed by atoms with Crippen molar-refractivity contribution in [3.05, 3.63) is 11.6 Å². The van der Waals surface area contributed by atoms with Crippen LogP contribution in [0.4, 0.5) is 0 Å². The van der Waals surface area contributed by atoms with E-state index in [9.17, 15) is 0 Å². The summed E-state index contributed by atoms with van der Waals surface area (Å²) in [4.78, 5) is 0. The lowest BCUT2D eigenvalue weighted by Gasteiger charge is -2.01. The number of rotatable bonds is 4. The van der Waals surface area contributed by atoms with Crippen molar-refractivity contribution in [2.75, 3.05) is 5.88 Å². The molecule has 0 spiro atoms. The van der Waals surface area contributed by atoms with E-state index in [1.54, 1.807) is 5.57 Å². The van der Waals surface area contributed by atoms with Gasteiger partial charge in [-0.3, -0.25) is 0 Å². The van der Waals surface area contributed by atoms with Gasteiger partial charge in [-0.25, -0.2) is 0 Å². The van der Waals surface area contributed by atoms with Gasteiger partial charge in [0, 0.05) is 5.88 Å². The topological polar surface area (TPSA) is 0 Å². The Kier molecular flexibility index (Phi) is 2.22. The maximum atomic E-state index is 5.65. The van der Waals surface area contributed by atoms with Crippen LogP contribution in [-0.2, 0) is 0 Å². The van der Waals surface area contributed by atoms with Crippen LogP contribution in [0.15, 0.2) is 11.6 Å². The van der Waals surface area contributed by atoms with Crippen molar-refractivity contribution >= 4 is 11.6 Å². The van der Waals surface area contributed by atoms with Crippen molar-refractivity contribution < 1.29 is 0 Å². The van der Waals surface area contributed by atoms with Crippen LogP contribution in [0.2, 0.25) is 0 Å². The Morgan fingerprint density at radius 1 is 1.18 bits per heavy atom. The van der Waals surface area contributed by atoms with Gasteiger partial charge < -0.3 is 0 Å². The second kappa shape index (κ2) is 3.18. The van der Waals surface area contributed by atoms with Gasteiger partial charge in [0.15, 0.2) is 0 Å². The third kappa shape index (κ3) is 1.99. The Morgan fingerprint density at radius 2 is 1.73 bits per heavy atom. The van der Waals surface area contributed by atoms with E-state index >= 15 is 0 Å². The van der Waals surface area contributed by atoms with Crippen LogP contribution < -0.4 is 0 Å². The Balaban J connectivity index is 1.90. The van der Waals surface area contributed by atoms with E-state index in [1.807, 2.05) is 0 Å². The molecule has 0 atom stereocenters. The van der Waals surface area contributed by atoms with E-state index in [1.165, 1.54) is 25.7 Å². The quantitative estimate of drug-likeness (QED) is 0.449. The highest BCUT2D eigenvalue weighted by Gasteiger charge is 2.35. The summed E-state index contributed by atoms with van der Waals surface area (Å²) in [6.07, 6.45) is 9.29. The normalized spacial score (nSPS) is 23.4. The first kappa shape index (κ1) is 7.67. The molecule has 62 valence electrons. The molecule has 0 aromatic rings. The summed E-state index contributed by atoms with van der Waals surface area (Å²) in [6.45, 7) is 0. The van der Waals surface area contributed by atoms with Crippen molar-refractivity contribution in [3.63, 3.8) is 0 Å². The monoisotopic (exact) mass is 170 g/mol. The molecule has 0 N–H and O–H groups in total. The molecule has 2 fully saturated rings. The Morgan fingerprint density at radius 3 is 2.09 bits per heavy atom. The fraction of sp³-hybridized carbons (Fsp3) is 0.800. The fourth-order valence-electron chi connectivity index (χ4n) is 1.72. The zero-order valence-electron chi connectivity index (χ0n) is 6.85. The average Bonchev–Trinajstić information content (AvgIpc) is 2.85. The molecule has 0 unspecified atom stereocenters. The largest absolute Gasteiger partial charge is 0.126 e. The van der Waals surface area contributed by atoms with Gasteiger partial charge in [-0.15, -0.1) is 11.6 Å². The minimum Gasteiger partial charge on any atom is -0.126 e. The zero-order chi connectivity index (χ0) is 7.68. The lowest BCUT2D eigenvalue weighted by Crippen LogP contribution is -1.88. The van der Waals surface area contributed by atoms with Gasteiger partial charge >= 0.3 is 0 Å². The molecule has 0 radical (unpaired) electrons. The molecule has 11 heavy (non-hydrogen) atoms. The first-order valence-corrected chi connectivity index (χ1v) is 5.21. The Hall–Kier alpha value is 0.0300. The van der Waals surface area contributed by atoms with E-state index in [0.29, 0.717) is 0 Å². The first-order chi connectivity index (χ1) is 5.42. The van der Waals surface area contributed by atoms with Gasteiger partial charge in [-0.1, -0.05) is 11.6 Å². The van der Waals surface area contributed by atoms with Crippen LogP contribution >= 0.6 is 11.6 Å². The molecule has 0 amide bonds. The molecule has 2 aliphatic rings. The zero-order valence-corrected chi connectivity index (χ0v) is 7.61. The molecular formula is C10H15Cl. The SMILES string of the molecule is ClCCC=C(C1CC1)C1CC1. The molecule has 0 saturated heterocycles. The van der Waals surface area contributed by atoms with E-state index in [4.69, 9.17) is 11.6 Å². The number of halogens is 1. The summed E-state index contributed by atoms with van der Waals surface area (Å²) in [6, 6.07) is 0. The van der Waals surface area contributed by atoms with Crippen molar-refractivity contribution in [1.82, 2.24) is 0 Å². The Bertz CT molecular complexity index is 150. The lowest BCUT2D eigenvalue weighted by molar-refractivity contribution is 0.843. The summed E-state index contributed by atoms with van der Waals surface area (Å²) in [5.74, 6) is 2.75. The first-order valence-electron chi connectivity index (χ1n) is 4.67. The molecule has 0 aromatic heterocycles. The van der Waals surface area contributed by atoms with Crippen LogP contribution in [0, 0.1) is 11.8 Å². The highest BCUT2D eigenvalue weighted by Crippen LogP contribution is 2.48. The average molecular weight is 171 g/mol. The number of alkyl halides is 1. The number of hydrogen-bond donors (Lipinski definition) is 0. The minimum atomic E-state index is 0.795. The highest BCUT2D eigenvalue weighted by molar-refractivity contribution is 6.17. The third-order valence-electron chi connectivity index (χ3n) is 2.59. The molecule has 2 aliphatic carbocycles. The molecule has 0 heterocycles. The van der Waals surface area contributed by atoms with Gasteiger partial charge in [-0.05, 0) is 43.9 Å². The van der Waals surface area contributed by atoms with E-state index in [2.05, 4.69) is 6.08 Å². The molecule has 2 saturated carbocycles. The van der Waals surface area contributed by atoms with Gasteiger partial charge in [0.2, 0.25) is 0 Å².